The minimum absolute atomic E-state index is 0.100. The lowest BCUT2D eigenvalue weighted by atomic mass is 9.92. The first-order valence-electron chi connectivity index (χ1n) is 8.74. The lowest BCUT2D eigenvalue weighted by Crippen LogP contribution is -2.29. The first kappa shape index (κ1) is 18.9. The molecule has 0 aliphatic carbocycles. The monoisotopic (exact) mass is 381 g/mol. The molecule has 0 aliphatic rings. The van der Waals surface area contributed by atoms with Gasteiger partial charge in [0.05, 0.1) is 6.04 Å². The summed E-state index contributed by atoms with van der Waals surface area (Å²) in [6.07, 6.45) is 0.345. The highest BCUT2D eigenvalue weighted by atomic mass is 35.5. The van der Waals surface area contributed by atoms with Crippen molar-refractivity contribution in [2.24, 2.45) is 0 Å². The van der Waals surface area contributed by atoms with E-state index in [9.17, 15) is 9.59 Å². The van der Waals surface area contributed by atoms with Gasteiger partial charge in [-0.2, -0.15) is 0 Å². The number of benzene rings is 3. The van der Waals surface area contributed by atoms with Crippen LogP contribution >= 0.6 is 11.6 Å². The van der Waals surface area contributed by atoms with E-state index in [4.69, 9.17) is 16.3 Å². The summed E-state index contributed by atoms with van der Waals surface area (Å²) in [6, 6.07) is 18.3. The van der Waals surface area contributed by atoms with E-state index in [1.807, 2.05) is 42.5 Å². The van der Waals surface area contributed by atoms with Crippen LogP contribution in [0, 0.1) is 0 Å². The molecule has 0 saturated carbocycles. The van der Waals surface area contributed by atoms with Gasteiger partial charge in [0.15, 0.2) is 0 Å². The molecule has 27 heavy (non-hydrogen) atoms. The van der Waals surface area contributed by atoms with Crippen molar-refractivity contribution in [3.8, 4) is 5.75 Å². The summed E-state index contributed by atoms with van der Waals surface area (Å²) in [5.74, 6) is -0.0857. The fraction of sp³-hybridized carbons (Fsp3) is 0.182. The Balaban J connectivity index is 2.25. The average Bonchev–Trinajstić information content (AvgIpc) is 2.66. The molecule has 1 atom stereocenters. The van der Waals surface area contributed by atoms with Crippen LogP contribution < -0.4 is 10.1 Å². The number of esters is 1. The van der Waals surface area contributed by atoms with Gasteiger partial charge in [-0.1, -0.05) is 61.0 Å². The van der Waals surface area contributed by atoms with Gasteiger partial charge in [0.25, 0.3) is 0 Å². The molecule has 138 valence electrons. The number of nitrogens with one attached hydrogen (secondary N) is 1. The Labute approximate surface area is 163 Å². The third-order valence-corrected chi connectivity index (χ3v) is 4.55. The number of carbonyl (C=O) groups excluding carboxylic acids is 2. The van der Waals surface area contributed by atoms with Crippen LogP contribution in [0.15, 0.2) is 60.7 Å². The Morgan fingerprint density at radius 3 is 2.41 bits per heavy atom. The molecule has 0 aromatic heterocycles. The highest BCUT2D eigenvalue weighted by Crippen LogP contribution is 2.37. The van der Waals surface area contributed by atoms with E-state index >= 15 is 0 Å². The van der Waals surface area contributed by atoms with Crippen LogP contribution in [0.1, 0.15) is 37.4 Å². The van der Waals surface area contributed by atoms with E-state index in [2.05, 4.69) is 5.32 Å². The maximum absolute atomic E-state index is 12.3. The third-order valence-electron chi connectivity index (χ3n) is 4.30. The molecule has 0 saturated heterocycles. The molecule has 3 aromatic carbocycles. The number of hydrogen-bond donors (Lipinski definition) is 1. The standard InChI is InChI=1S/C22H20ClNO3/c1-3-20(26)24-22(16-8-11-17(23)12-9-16)21-18-7-5-4-6-15(18)10-13-19(21)27-14(2)25/h4-13,22H,3H2,1-2H3,(H,24,26)/t22-/m1/s1. The fourth-order valence-electron chi connectivity index (χ4n) is 3.06. The molecule has 0 radical (unpaired) electrons. The highest BCUT2D eigenvalue weighted by molar-refractivity contribution is 6.30. The van der Waals surface area contributed by atoms with E-state index in [0.717, 1.165) is 21.9 Å². The van der Waals surface area contributed by atoms with Gasteiger partial charge >= 0.3 is 5.97 Å². The van der Waals surface area contributed by atoms with Crippen molar-refractivity contribution in [1.82, 2.24) is 5.32 Å². The smallest absolute Gasteiger partial charge is 0.308 e. The summed E-state index contributed by atoms with van der Waals surface area (Å²) in [4.78, 5) is 23.9. The van der Waals surface area contributed by atoms with Gasteiger partial charge in [-0.05, 0) is 34.5 Å². The Hall–Kier alpha value is -2.85. The second kappa shape index (κ2) is 8.23. The van der Waals surface area contributed by atoms with Crippen molar-refractivity contribution < 1.29 is 14.3 Å². The summed E-state index contributed by atoms with van der Waals surface area (Å²) in [6.45, 7) is 3.16. The van der Waals surface area contributed by atoms with E-state index in [1.165, 1.54) is 6.92 Å². The quantitative estimate of drug-likeness (QED) is 0.498. The van der Waals surface area contributed by atoms with Crippen LogP contribution in [0.3, 0.4) is 0 Å². The summed E-state index contributed by atoms with van der Waals surface area (Å²) >= 11 is 6.03. The van der Waals surface area contributed by atoms with Crippen molar-refractivity contribution in [2.45, 2.75) is 26.3 Å². The largest absolute Gasteiger partial charge is 0.426 e. The number of rotatable bonds is 5. The van der Waals surface area contributed by atoms with Gasteiger partial charge in [-0.25, -0.2) is 0 Å². The number of ether oxygens (including phenoxy) is 1. The molecule has 4 nitrogen and oxygen atoms in total. The van der Waals surface area contributed by atoms with Crippen LogP contribution in [0.4, 0.5) is 0 Å². The Bertz CT molecular complexity index is 983. The molecule has 1 N–H and O–H groups in total. The van der Waals surface area contributed by atoms with Gasteiger partial charge < -0.3 is 10.1 Å². The van der Waals surface area contributed by atoms with Crippen LogP contribution in [-0.4, -0.2) is 11.9 Å². The molecule has 3 aromatic rings. The lowest BCUT2D eigenvalue weighted by Gasteiger charge is -2.23. The van der Waals surface area contributed by atoms with Crippen molar-refractivity contribution in [1.29, 1.82) is 0 Å². The van der Waals surface area contributed by atoms with Crippen molar-refractivity contribution in [3.63, 3.8) is 0 Å². The summed E-state index contributed by atoms with van der Waals surface area (Å²) < 4.78 is 5.48. The van der Waals surface area contributed by atoms with E-state index in [-0.39, 0.29) is 5.91 Å². The van der Waals surface area contributed by atoms with Gasteiger partial charge in [-0.3, -0.25) is 9.59 Å². The molecule has 0 spiro atoms. The molecule has 0 unspecified atom stereocenters. The fourth-order valence-corrected chi connectivity index (χ4v) is 3.18. The minimum Gasteiger partial charge on any atom is -0.426 e. The van der Waals surface area contributed by atoms with Gasteiger partial charge in [0.1, 0.15) is 5.75 Å². The predicted octanol–water partition coefficient (Wildman–Crippen LogP) is 5.03. The number of amides is 1. The summed E-state index contributed by atoms with van der Waals surface area (Å²) in [5, 5.41) is 5.56. The third kappa shape index (κ3) is 4.29. The molecule has 0 heterocycles. The molecule has 0 fully saturated rings. The van der Waals surface area contributed by atoms with Gasteiger partial charge in [0, 0.05) is 23.9 Å². The van der Waals surface area contributed by atoms with Gasteiger partial charge in [0.2, 0.25) is 5.91 Å². The number of hydrogen-bond acceptors (Lipinski definition) is 3. The van der Waals surface area contributed by atoms with E-state index < -0.39 is 12.0 Å². The normalized spacial score (nSPS) is 11.8. The molecule has 3 rings (SSSR count). The van der Waals surface area contributed by atoms with Crippen LogP contribution in [-0.2, 0) is 9.59 Å². The zero-order valence-corrected chi connectivity index (χ0v) is 15.9. The van der Waals surface area contributed by atoms with Crippen LogP contribution in [0.2, 0.25) is 5.02 Å². The second-order valence-electron chi connectivity index (χ2n) is 6.20. The Morgan fingerprint density at radius 2 is 1.74 bits per heavy atom. The van der Waals surface area contributed by atoms with Crippen molar-refractivity contribution in [3.05, 3.63) is 76.8 Å². The highest BCUT2D eigenvalue weighted by Gasteiger charge is 2.23. The minimum atomic E-state index is -0.477. The average molecular weight is 382 g/mol. The molecule has 0 bridgehead atoms. The zero-order chi connectivity index (χ0) is 19.4. The maximum atomic E-state index is 12.3. The molecule has 5 heteroatoms. The first-order chi connectivity index (χ1) is 13.0. The summed E-state index contributed by atoms with van der Waals surface area (Å²) in [5.41, 5.74) is 1.60. The van der Waals surface area contributed by atoms with Crippen molar-refractivity contribution >= 4 is 34.2 Å². The number of halogens is 1. The van der Waals surface area contributed by atoms with E-state index in [0.29, 0.717) is 17.2 Å². The topological polar surface area (TPSA) is 55.4 Å². The Kier molecular flexibility index (Phi) is 5.77. The second-order valence-corrected chi connectivity index (χ2v) is 6.63. The van der Waals surface area contributed by atoms with Crippen LogP contribution in [0.5, 0.6) is 5.75 Å². The molecular weight excluding hydrogens is 362 g/mol. The lowest BCUT2D eigenvalue weighted by molar-refractivity contribution is -0.131. The molecular formula is C22H20ClNO3. The SMILES string of the molecule is CCC(=O)N[C@H](c1ccc(Cl)cc1)c1c(OC(C)=O)ccc2ccccc12. The zero-order valence-electron chi connectivity index (χ0n) is 15.2. The number of carbonyl (C=O) groups is 2. The summed E-state index contributed by atoms with van der Waals surface area (Å²) in [7, 11) is 0. The maximum Gasteiger partial charge on any atom is 0.308 e. The van der Waals surface area contributed by atoms with E-state index in [1.54, 1.807) is 25.1 Å². The first-order valence-corrected chi connectivity index (χ1v) is 9.12. The Morgan fingerprint density at radius 1 is 1.04 bits per heavy atom. The number of fused-ring (bicyclic) bond motifs is 1. The van der Waals surface area contributed by atoms with Gasteiger partial charge in [-0.15, -0.1) is 0 Å². The van der Waals surface area contributed by atoms with Crippen LogP contribution in [0.25, 0.3) is 10.8 Å². The van der Waals surface area contributed by atoms with Crippen molar-refractivity contribution in [2.75, 3.05) is 0 Å². The predicted molar refractivity (Wildman–Crippen MR) is 107 cm³/mol. The molecule has 1 amide bonds. The molecule has 0 aliphatic heterocycles.